The maximum Gasteiger partial charge on any atom is 0.150 e. The highest BCUT2D eigenvalue weighted by Gasteiger charge is 2.41. The Kier molecular flexibility index (Phi) is 2.21. The molecule has 1 saturated carbocycles. The zero-order valence-corrected chi connectivity index (χ0v) is 9.87. The van der Waals surface area contributed by atoms with Crippen molar-refractivity contribution in [1.29, 1.82) is 0 Å². The third-order valence-electron chi connectivity index (χ3n) is 4.00. The maximum absolute atomic E-state index is 5.99. The molecule has 0 aromatic carbocycles. The number of anilines is 1. The number of aromatic amines is 1. The van der Waals surface area contributed by atoms with Crippen LogP contribution in [0, 0.1) is 0 Å². The molecular weight excluding hydrogens is 200 g/mol. The SMILES string of the molecule is CC1(c2cc(N3CCCC(N)C3)n[nH]2)CC1. The van der Waals surface area contributed by atoms with Gasteiger partial charge in [-0.25, -0.2) is 0 Å². The van der Waals surface area contributed by atoms with Crippen LogP contribution in [0.15, 0.2) is 6.07 Å². The molecule has 0 radical (unpaired) electrons. The fourth-order valence-electron chi connectivity index (χ4n) is 2.46. The third-order valence-corrected chi connectivity index (χ3v) is 4.00. The number of H-pyrrole nitrogens is 1. The molecule has 16 heavy (non-hydrogen) atoms. The Labute approximate surface area is 96.2 Å². The van der Waals surface area contributed by atoms with E-state index in [1.54, 1.807) is 0 Å². The van der Waals surface area contributed by atoms with Crippen LogP contribution >= 0.6 is 0 Å². The predicted octanol–water partition coefficient (Wildman–Crippen LogP) is 1.39. The lowest BCUT2D eigenvalue weighted by atomic mass is 10.1. The van der Waals surface area contributed by atoms with E-state index in [1.807, 2.05) is 0 Å². The number of hydrogen-bond donors (Lipinski definition) is 2. The van der Waals surface area contributed by atoms with E-state index in [0.29, 0.717) is 11.5 Å². The average molecular weight is 220 g/mol. The van der Waals surface area contributed by atoms with Gasteiger partial charge in [0, 0.05) is 36.3 Å². The van der Waals surface area contributed by atoms with Gasteiger partial charge in [0.05, 0.1) is 0 Å². The monoisotopic (exact) mass is 220 g/mol. The van der Waals surface area contributed by atoms with E-state index in [4.69, 9.17) is 5.73 Å². The molecule has 2 heterocycles. The lowest BCUT2D eigenvalue weighted by Crippen LogP contribution is -2.43. The second-order valence-corrected chi connectivity index (χ2v) is 5.55. The number of piperidine rings is 1. The Bertz CT molecular complexity index is 380. The van der Waals surface area contributed by atoms with E-state index < -0.39 is 0 Å². The Balaban J connectivity index is 1.76. The predicted molar refractivity (Wildman–Crippen MR) is 64.6 cm³/mol. The Morgan fingerprint density at radius 3 is 3.06 bits per heavy atom. The second kappa shape index (κ2) is 3.48. The van der Waals surface area contributed by atoms with E-state index in [2.05, 4.69) is 28.1 Å². The smallest absolute Gasteiger partial charge is 0.150 e. The topological polar surface area (TPSA) is 57.9 Å². The molecule has 1 aliphatic heterocycles. The summed E-state index contributed by atoms with van der Waals surface area (Å²) in [6.07, 6.45) is 4.90. The normalized spacial score (nSPS) is 28.1. The zero-order valence-electron chi connectivity index (χ0n) is 9.87. The zero-order chi connectivity index (χ0) is 11.2. The van der Waals surface area contributed by atoms with E-state index in [0.717, 1.165) is 25.3 Å². The van der Waals surface area contributed by atoms with Crippen LogP contribution in [0.25, 0.3) is 0 Å². The fourth-order valence-corrected chi connectivity index (χ4v) is 2.46. The van der Waals surface area contributed by atoms with Gasteiger partial charge < -0.3 is 10.6 Å². The van der Waals surface area contributed by atoms with Crippen molar-refractivity contribution in [3.8, 4) is 0 Å². The van der Waals surface area contributed by atoms with Crippen molar-refractivity contribution < 1.29 is 0 Å². The molecule has 88 valence electrons. The number of nitrogens with zero attached hydrogens (tertiary/aromatic N) is 2. The molecule has 1 saturated heterocycles. The van der Waals surface area contributed by atoms with E-state index >= 15 is 0 Å². The Hall–Kier alpha value is -1.03. The van der Waals surface area contributed by atoms with Gasteiger partial charge >= 0.3 is 0 Å². The molecule has 3 rings (SSSR count). The van der Waals surface area contributed by atoms with Crippen LogP contribution in [0.5, 0.6) is 0 Å². The van der Waals surface area contributed by atoms with Gasteiger partial charge in [-0.15, -0.1) is 0 Å². The first kappa shape index (κ1) is 10.1. The summed E-state index contributed by atoms with van der Waals surface area (Å²) < 4.78 is 0. The van der Waals surface area contributed by atoms with E-state index in [9.17, 15) is 0 Å². The molecule has 0 bridgehead atoms. The van der Waals surface area contributed by atoms with Crippen LogP contribution in [0.1, 0.15) is 38.3 Å². The lowest BCUT2D eigenvalue weighted by Gasteiger charge is -2.30. The maximum atomic E-state index is 5.99. The molecule has 2 aliphatic rings. The van der Waals surface area contributed by atoms with Gasteiger partial charge in [0.1, 0.15) is 0 Å². The van der Waals surface area contributed by atoms with Crippen LogP contribution in [-0.4, -0.2) is 29.3 Å². The molecule has 0 spiro atoms. The number of hydrogen-bond acceptors (Lipinski definition) is 3. The summed E-state index contributed by atoms with van der Waals surface area (Å²) in [5.41, 5.74) is 7.66. The quantitative estimate of drug-likeness (QED) is 0.792. The fraction of sp³-hybridized carbons (Fsp3) is 0.750. The van der Waals surface area contributed by atoms with Crippen molar-refractivity contribution in [2.75, 3.05) is 18.0 Å². The molecule has 4 nitrogen and oxygen atoms in total. The Morgan fingerprint density at radius 1 is 1.56 bits per heavy atom. The lowest BCUT2D eigenvalue weighted by molar-refractivity contribution is 0.503. The van der Waals surface area contributed by atoms with Gasteiger partial charge in [0.15, 0.2) is 5.82 Å². The summed E-state index contributed by atoms with van der Waals surface area (Å²) in [4.78, 5) is 2.31. The molecule has 1 unspecified atom stereocenters. The van der Waals surface area contributed by atoms with Gasteiger partial charge in [-0.3, -0.25) is 5.10 Å². The summed E-state index contributed by atoms with van der Waals surface area (Å²) in [7, 11) is 0. The minimum atomic E-state index is 0.311. The second-order valence-electron chi connectivity index (χ2n) is 5.55. The molecule has 1 aromatic heterocycles. The number of nitrogens with one attached hydrogen (secondary N) is 1. The third kappa shape index (κ3) is 1.71. The average Bonchev–Trinajstić information content (AvgIpc) is 2.83. The number of nitrogens with two attached hydrogens (primary N) is 1. The van der Waals surface area contributed by atoms with Crippen LogP contribution in [0.4, 0.5) is 5.82 Å². The highest BCUT2D eigenvalue weighted by Crippen LogP contribution is 2.47. The first-order chi connectivity index (χ1) is 7.67. The summed E-state index contributed by atoms with van der Waals surface area (Å²) in [5, 5.41) is 7.61. The Morgan fingerprint density at radius 2 is 2.38 bits per heavy atom. The first-order valence-electron chi connectivity index (χ1n) is 6.24. The number of rotatable bonds is 2. The van der Waals surface area contributed by atoms with Gasteiger partial charge in [0.2, 0.25) is 0 Å². The van der Waals surface area contributed by atoms with Gasteiger partial charge in [-0.2, -0.15) is 5.10 Å². The molecule has 2 fully saturated rings. The highest BCUT2D eigenvalue weighted by molar-refractivity contribution is 5.43. The van der Waals surface area contributed by atoms with Crippen LogP contribution in [0.2, 0.25) is 0 Å². The number of aromatic nitrogens is 2. The molecule has 4 heteroatoms. The van der Waals surface area contributed by atoms with Crippen LogP contribution in [-0.2, 0) is 5.41 Å². The van der Waals surface area contributed by atoms with Crippen molar-refractivity contribution >= 4 is 5.82 Å². The van der Waals surface area contributed by atoms with E-state index in [-0.39, 0.29) is 0 Å². The van der Waals surface area contributed by atoms with Crippen molar-refractivity contribution in [3.63, 3.8) is 0 Å². The highest BCUT2D eigenvalue weighted by atomic mass is 15.3. The summed E-state index contributed by atoms with van der Waals surface area (Å²) in [6, 6.07) is 2.52. The van der Waals surface area contributed by atoms with Crippen molar-refractivity contribution in [2.24, 2.45) is 5.73 Å². The van der Waals surface area contributed by atoms with Crippen LogP contribution < -0.4 is 10.6 Å². The minimum Gasteiger partial charge on any atom is -0.354 e. The van der Waals surface area contributed by atoms with Crippen LogP contribution in [0.3, 0.4) is 0 Å². The molecular formula is C12H20N4. The van der Waals surface area contributed by atoms with Gasteiger partial charge in [-0.1, -0.05) is 6.92 Å². The summed E-state index contributed by atoms with van der Waals surface area (Å²) >= 11 is 0. The molecule has 1 atom stereocenters. The standard InChI is InChI=1S/C12H20N4/c1-12(4-5-12)10-7-11(15-14-10)16-6-2-3-9(13)8-16/h7,9H,2-6,8,13H2,1H3,(H,14,15). The molecule has 1 aromatic rings. The van der Waals surface area contributed by atoms with Gasteiger partial charge in [-0.05, 0) is 25.7 Å². The summed E-state index contributed by atoms with van der Waals surface area (Å²) in [5.74, 6) is 1.08. The van der Waals surface area contributed by atoms with Crippen molar-refractivity contribution in [2.45, 2.75) is 44.1 Å². The molecule has 0 amide bonds. The minimum absolute atomic E-state index is 0.311. The van der Waals surface area contributed by atoms with Gasteiger partial charge in [0.25, 0.3) is 0 Å². The van der Waals surface area contributed by atoms with Crippen molar-refractivity contribution in [3.05, 3.63) is 11.8 Å². The summed E-state index contributed by atoms with van der Waals surface area (Å²) in [6.45, 7) is 4.34. The molecule has 1 aliphatic carbocycles. The van der Waals surface area contributed by atoms with Crippen molar-refractivity contribution in [1.82, 2.24) is 10.2 Å². The largest absolute Gasteiger partial charge is 0.354 e. The van der Waals surface area contributed by atoms with E-state index in [1.165, 1.54) is 25.0 Å². The molecule has 3 N–H and O–H groups in total. The first-order valence-corrected chi connectivity index (χ1v) is 6.24.